The number of carbonyl (C=O) groups excluding carboxylic acids is 1. The summed E-state index contributed by atoms with van der Waals surface area (Å²) in [7, 11) is 1.63. The second-order valence-electron chi connectivity index (χ2n) is 7.15. The van der Waals surface area contributed by atoms with Gasteiger partial charge in [-0.05, 0) is 37.8 Å². The van der Waals surface area contributed by atoms with Gasteiger partial charge in [0.2, 0.25) is 0 Å². The summed E-state index contributed by atoms with van der Waals surface area (Å²) in [5, 5.41) is 6.12. The maximum atomic E-state index is 12.3. The normalized spacial score (nSPS) is 28.9. The van der Waals surface area contributed by atoms with Crippen molar-refractivity contribution in [2.75, 3.05) is 19.0 Å². The van der Waals surface area contributed by atoms with Crippen LogP contribution in [0.25, 0.3) is 0 Å². The maximum absolute atomic E-state index is 12.3. The molecule has 2 saturated heterocycles. The van der Waals surface area contributed by atoms with Crippen molar-refractivity contribution in [3.05, 3.63) is 24.3 Å². The minimum absolute atomic E-state index is 0.106. The van der Waals surface area contributed by atoms with Crippen molar-refractivity contribution in [1.82, 2.24) is 5.32 Å². The van der Waals surface area contributed by atoms with Crippen LogP contribution in [-0.4, -0.2) is 37.8 Å². The molecule has 3 N–H and O–H groups in total. The number of nitrogens with one attached hydrogen (secondary N) is 3. The lowest BCUT2D eigenvalue weighted by molar-refractivity contribution is -0.961. The molecule has 0 spiro atoms. The number of carbonyl (C=O) groups is 1. The third-order valence-electron chi connectivity index (χ3n) is 5.49. The van der Waals surface area contributed by atoms with Gasteiger partial charge in [-0.3, -0.25) is 0 Å². The summed E-state index contributed by atoms with van der Waals surface area (Å²) < 4.78 is 5.20. The number of methoxy groups -OCH3 is 1. The molecule has 1 aromatic rings. The summed E-state index contributed by atoms with van der Waals surface area (Å²) in [6.07, 6.45) is 7.43. The zero-order valence-corrected chi connectivity index (χ0v) is 14.8. The Hall–Kier alpha value is -1.75. The maximum Gasteiger partial charge on any atom is 0.319 e. The van der Waals surface area contributed by atoms with Crippen LogP contribution in [0, 0.1) is 0 Å². The highest BCUT2D eigenvalue weighted by Crippen LogP contribution is 2.22. The standard InChI is InChI=1S/C19H29N3O2/c1-3-10-22-16-7-5-8-17(22)12-15(11-16)21-19(23)20-14-6-4-9-18(13-14)24-2/h4,6,9,13,15-17H,3,5,7-8,10-12H2,1-2H3,(H2,20,21,23)/p+1/t15?,16-,17+. The number of amides is 2. The van der Waals surface area contributed by atoms with Gasteiger partial charge in [0.05, 0.1) is 25.7 Å². The highest BCUT2D eigenvalue weighted by molar-refractivity contribution is 5.89. The Morgan fingerprint density at radius 3 is 2.71 bits per heavy atom. The molecule has 0 radical (unpaired) electrons. The first kappa shape index (κ1) is 17.1. The van der Waals surface area contributed by atoms with Gasteiger partial charge in [-0.2, -0.15) is 0 Å². The van der Waals surface area contributed by atoms with E-state index >= 15 is 0 Å². The van der Waals surface area contributed by atoms with Gasteiger partial charge in [0.25, 0.3) is 0 Å². The predicted molar refractivity (Wildman–Crippen MR) is 95.7 cm³/mol. The molecule has 2 fully saturated rings. The second-order valence-corrected chi connectivity index (χ2v) is 7.15. The lowest BCUT2D eigenvalue weighted by Gasteiger charge is -2.45. The fraction of sp³-hybridized carbons (Fsp3) is 0.632. The smallest absolute Gasteiger partial charge is 0.319 e. The molecule has 2 unspecified atom stereocenters. The highest BCUT2D eigenvalue weighted by atomic mass is 16.5. The third-order valence-corrected chi connectivity index (χ3v) is 5.49. The molecule has 24 heavy (non-hydrogen) atoms. The molecule has 0 aromatic heterocycles. The van der Waals surface area contributed by atoms with E-state index in [1.807, 2.05) is 24.3 Å². The van der Waals surface area contributed by atoms with Crippen LogP contribution >= 0.6 is 0 Å². The van der Waals surface area contributed by atoms with E-state index in [9.17, 15) is 4.79 Å². The van der Waals surface area contributed by atoms with E-state index in [2.05, 4.69) is 17.6 Å². The van der Waals surface area contributed by atoms with Gasteiger partial charge in [0, 0.05) is 30.6 Å². The quantitative estimate of drug-likeness (QED) is 0.774. The summed E-state index contributed by atoms with van der Waals surface area (Å²) in [4.78, 5) is 14.1. The molecule has 4 atom stereocenters. The minimum Gasteiger partial charge on any atom is -0.497 e. The van der Waals surface area contributed by atoms with Gasteiger partial charge < -0.3 is 20.3 Å². The van der Waals surface area contributed by atoms with Gasteiger partial charge in [-0.15, -0.1) is 0 Å². The van der Waals surface area contributed by atoms with Crippen LogP contribution in [0.2, 0.25) is 0 Å². The van der Waals surface area contributed by atoms with Gasteiger partial charge in [0.15, 0.2) is 0 Å². The fourth-order valence-corrected chi connectivity index (χ4v) is 4.50. The Labute approximate surface area is 144 Å². The number of hydrogen-bond acceptors (Lipinski definition) is 2. The van der Waals surface area contributed by atoms with E-state index in [4.69, 9.17) is 4.74 Å². The van der Waals surface area contributed by atoms with Crippen LogP contribution in [0.4, 0.5) is 10.5 Å². The Kier molecular flexibility index (Phi) is 5.61. The first-order valence-electron chi connectivity index (χ1n) is 9.26. The van der Waals surface area contributed by atoms with Crippen LogP contribution in [0.1, 0.15) is 45.4 Å². The Morgan fingerprint density at radius 2 is 2.04 bits per heavy atom. The molecule has 1 aromatic carbocycles. The van der Waals surface area contributed by atoms with E-state index in [-0.39, 0.29) is 6.03 Å². The summed E-state index contributed by atoms with van der Waals surface area (Å²) >= 11 is 0. The van der Waals surface area contributed by atoms with Gasteiger partial charge in [0.1, 0.15) is 5.75 Å². The molecule has 3 rings (SSSR count). The van der Waals surface area contributed by atoms with Crippen LogP contribution in [0.15, 0.2) is 24.3 Å². The first-order valence-corrected chi connectivity index (χ1v) is 9.26. The summed E-state index contributed by atoms with van der Waals surface area (Å²) in [5.74, 6) is 0.749. The van der Waals surface area contributed by atoms with Crippen molar-refractivity contribution in [3.63, 3.8) is 0 Å². The molecule has 2 amide bonds. The highest BCUT2D eigenvalue weighted by Gasteiger charge is 2.41. The molecule has 132 valence electrons. The predicted octanol–water partition coefficient (Wildman–Crippen LogP) is 2.20. The van der Waals surface area contributed by atoms with Crippen molar-refractivity contribution < 1.29 is 14.4 Å². The van der Waals surface area contributed by atoms with E-state index in [1.165, 1.54) is 32.2 Å². The van der Waals surface area contributed by atoms with Crippen molar-refractivity contribution >= 4 is 11.7 Å². The van der Waals surface area contributed by atoms with Crippen LogP contribution in [0.3, 0.4) is 0 Å². The van der Waals surface area contributed by atoms with E-state index in [0.29, 0.717) is 6.04 Å². The summed E-state index contributed by atoms with van der Waals surface area (Å²) in [6, 6.07) is 9.10. The molecule has 0 saturated carbocycles. The van der Waals surface area contributed by atoms with E-state index in [0.717, 1.165) is 36.4 Å². The molecule has 0 aliphatic carbocycles. The third kappa shape index (κ3) is 4.01. The minimum atomic E-state index is -0.106. The van der Waals surface area contributed by atoms with E-state index in [1.54, 1.807) is 12.0 Å². The Morgan fingerprint density at radius 1 is 1.29 bits per heavy atom. The van der Waals surface area contributed by atoms with Crippen LogP contribution in [0.5, 0.6) is 5.75 Å². The van der Waals surface area contributed by atoms with Crippen LogP contribution < -0.4 is 20.3 Å². The monoisotopic (exact) mass is 332 g/mol. The molecule has 2 bridgehead atoms. The lowest BCUT2D eigenvalue weighted by atomic mass is 9.81. The number of rotatable bonds is 5. The average Bonchev–Trinajstić information content (AvgIpc) is 2.56. The van der Waals surface area contributed by atoms with Crippen molar-refractivity contribution in [3.8, 4) is 5.75 Å². The zero-order chi connectivity index (χ0) is 16.9. The van der Waals surface area contributed by atoms with Gasteiger partial charge in [-0.25, -0.2) is 4.79 Å². The van der Waals surface area contributed by atoms with Crippen molar-refractivity contribution in [2.45, 2.75) is 63.6 Å². The molecule has 2 aliphatic heterocycles. The molecule has 2 heterocycles. The van der Waals surface area contributed by atoms with Gasteiger partial charge in [-0.1, -0.05) is 13.0 Å². The largest absolute Gasteiger partial charge is 0.497 e. The number of anilines is 1. The fourth-order valence-electron chi connectivity index (χ4n) is 4.50. The van der Waals surface area contributed by atoms with Crippen molar-refractivity contribution in [1.29, 1.82) is 0 Å². The number of ether oxygens (including phenoxy) is 1. The average molecular weight is 332 g/mol. The number of quaternary nitrogens is 1. The summed E-state index contributed by atoms with van der Waals surface area (Å²) in [6.45, 7) is 3.55. The Balaban J connectivity index is 1.55. The second kappa shape index (κ2) is 7.88. The Bertz CT molecular complexity index is 549. The number of urea groups is 1. The molecular formula is C19H30N3O2+. The van der Waals surface area contributed by atoms with E-state index < -0.39 is 0 Å². The first-order chi connectivity index (χ1) is 11.7. The molecule has 2 aliphatic rings. The number of piperidine rings is 2. The topological polar surface area (TPSA) is 54.8 Å². The number of benzene rings is 1. The zero-order valence-electron chi connectivity index (χ0n) is 14.8. The van der Waals surface area contributed by atoms with Crippen molar-refractivity contribution in [2.24, 2.45) is 0 Å². The lowest BCUT2D eigenvalue weighted by Crippen LogP contribution is -3.21. The number of fused-ring (bicyclic) bond motifs is 2. The molecular weight excluding hydrogens is 302 g/mol. The summed E-state index contributed by atoms with van der Waals surface area (Å²) in [5.41, 5.74) is 0.765. The molecule has 5 nitrogen and oxygen atoms in total. The number of hydrogen-bond donors (Lipinski definition) is 3. The SMILES string of the molecule is CCC[NH+]1[C@@H]2CCC[C@H]1CC(NC(=O)Nc1cccc(OC)c1)C2. The van der Waals surface area contributed by atoms with Crippen LogP contribution in [-0.2, 0) is 0 Å². The van der Waals surface area contributed by atoms with Gasteiger partial charge >= 0.3 is 6.03 Å². The molecule has 5 heteroatoms.